The van der Waals surface area contributed by atoms with Crippen LogP contribution in [-0.4, -0.2) is 51.8 Å². The van der Waals surface area contributed by atoms with Gasteiger partial charge in [-0.3, -0.25) is 9.59 Å². The van der Waals surface area contributed by atoms with Gasteiger partial charge in [-0.25, -0.2) is 0 Å². The fourth-order valence-corrected chi connectivity index (χ4v) is 0.773. The zero-order valence-electron chi connectivity index (χ0n) is 9.33. The second-order valence-electron chi connectivity index (χ2n) is 2.94. The van der Waals surface area contributed by atoms with Crippen LogP contribution in [0.4, 0.5) is 0 Å². The Balaban J connectivity index is 3.57. The van der Waals surface area contributed by atoms with E-state index < -0.39 is 6.10 Å². The van der Waals surface area contributed by atoms with Crippen LogP contribution < -0.4 is 10.6 Å². The van der Waals surface area contributed by atoms with Gasteiger partial charge in [-0.05, 0) is 6.92 Å². The molecule has 0 rings (SSSR count). The van der Waals surface area contributed by atoms with Gasteiger partial charge in [0.2, 0.25) is 11.8 Å². The lowest BCUT2D eigenvalue weighted by atomic mass is 10.4. The minimum atomic E-state index is -0.545. The van der Waals surface area contributed by atoms with Crippen LogP contribution in [-0.2, 0) is 19.1 Å². The van der Waals surface area contributed by atoms with Crippen LogP contribution >= 0.6 is 0 Å². The first-order chi connectivity index (χ1) is 7.11. The van der Waals surface area contributed by atoms with Crippen molar-refractivity contribution >= 4 is 11.8 Å². The van der Waals surface area contributed by atoms with Crippen molar-refractivity contribution in [2.24, 2.45) is 0 Å². The molecule has 0 spiro atoms. The topological polar surface area (TPSA) is 76.7 Å². The maximum absolute atomic E-state index is 11.2. The van der Waals surface area contributed by atoms with E-state index in [1.165, 1.54) is 7.11 Å². The highest BCUT2D eigenvalue weighted by atomic mass is 16.5. The van der Waals surface area contributed by atoms with Crippen molar-refractivity contribution in [3.05, 3.63) is 0 Å². The standard InChI is InChI=1S/C9H18N2O4/c1-7(15-3)9(13)11-6-8(12)10-4-5-14-2/h7H,4-6H2,1-3H3,(H,10,12)(H,11,13). The molecule has 0 aromatic carbocycles. The summed E-state index contributed by atoms with van der Waals surface area (Å²) >= 11 is 0. The normalized spacial score (nSPS) is 11.9. The number of rotatable bonds is 7. The van der Waals surface area contributed by atoms with E-state index in [1.54, 1.807) is 14.0 Å². The molecule has 1 atom stereocenters. The molecular formula is C9H18N2O4. The van der Waals surface area contributed by atoms with Crippen LogP contribution in [0, 0.1) is 0 Å². The first kappa shape index (κ1) is 13.9. The second-order valence-corrected chi connectivity index (χ2v) is 2.94. The highest BCUT2D eigenvalue weighted by Crippen LogP contribution is 1.85. The lowest BCUT2D eigenvalue weighted by Gasteiger charge is -2.10. The molecule has 6 nitrogen and oxygen atoms in total. The Labute approximate surface area is 89.3 Å². The molecule has 0 aliphatic carbocycles. The van der Waals surface area contributed by atoms with Crippen LogP contribution in [0.15, 0.2) is 0 Å². The third-order valence-electron chi connectivity index (χ3n) is 1.77. The maximum Gasteiger partial charge on any atom is 0.249 e. The minimum Gasteiger partial charge on any atom is -0.383 e. The smallest absolute Gasteiger partial charge is 0.249 e. The fourth-order valence-electron chi connectivity index (χ4n) is 0.773. The van der Waals surface area contributed by atoms with E-state index in [2.05, 4.69) is 10.6 Å². The number of methoxy groups -OCH3 is 2. The van der Waals surface area contributed by atoms with Crippen molar-refractivity contribution in [1.29, 1.82) is 0 Å². The van der Waals surface area contributed by atoms with Gasteiger partial charge in [-0.15, -0.1) is 0 Å². The molecule has 0 fully saturated rings. The van der Waals surface area contributed by atoms with Crippen LogP contribution in [0.3, 0.4) is 0 Å². The predicted octanol–water partition coefficient (Wildman–Crippen LogP) is -1.10. The molecule has 0 heterocycles. The van der Waals surface area contributed by atoms with Crippen LogP contribution in [0.25, 0.3) is 0 Å². The lowest BCUT2D eigenvalue weighted by Crippen LogP contribution is -2.41. The van der Waals surface area contributed by atoms with E-state index in [0.717, 1.165) is 0 Å². The third kappa shape index (κ3) is 6.87. The van der Waals surface area contributed by atoms with Crippen LogP contribution in [0.5, 0.6) is 0 Å². The molecule has 15 heavy (non-hydrogen) atoms. The summed E-state index contributed by atoms with van der Waals surface area (Å²) in [6.07, 6.45) is -0.545. The Morgan fingerprint density at radius 1 is 1.27 bits per heavy atom. The first-order valence-corrected chi connectivity index (χ1v) is 4.68. The summed E-state index contributed by atoms with van der Waals surface area (Å²) in [6.45, 7) is 2.45. The van der Waals surface area contributed by atoms with Gasteiger partial charge < -0.3 is 20.1 Å². The summed E-state index contributed by atoms with van der Waals surface area (Å²) in [5, 5.41) is 5.02. The average molecular weight is 218 g/mol. The van der Waals surface area contributed by atoms with E-state index >= 15 is 0 Å². The molecule has 0 saturated carbocycles. The van der Waals surface area contributed by atoms with Crippen molar-refractivity contribution in [3.63, 3.8) is 0 Å². The number of carbonyl (C=O) groups is 2. The Morgan fingerprint density at radius 2 is 1.93 bits per heavy atom. The largest absolute Gasteiger partial charge is 0.383 e. The van der Waals surface area contributed by atoms with Crippen molar-refractivity contribution in [3.8, 4) is 0 Å². The molecule has 1 unspecified atom stereocenters. The first-order valence-electron chi connectivity index (χ1n) is 4.68. The van der Waals surface area contributed by atoms with E-state index in [9.17, 15) is 9.59 Å². The Hall–Kier alpha value is -1.14. The predicted molar refractivity (Wildman–Crippen MR) is 54.4 cm³/mol. The minimum absolute atomic E-state index is 0.0454. The Bertz CT molecular complexity index is 208. The van der Waals surface area contributed by atoms with E-state index in [-0.39, 0.29) is 18.4 Å². The molecule has 2 amide bonds. The molecule has 0 aromatic rings. The summed E-state index contributed by atoms with van der Waals surface area (Å²) in [5.41, 5.74) is 0. The van der Waals surface area contributed by atoms with Gasteiger partial charge in [0.1, 0.15) is 6.10 Å². The van der Waals surface area contributed by atoms with Gasteiger partial charge in [0.15, 0.2) is 0 Å². The van der Waals surface area contributed by atoms with E-state index in [1.807, 2.05) is 0 Å². The zero-order chi connectivity index (χ0) is 11.7. The van der Waals surface area contributed by atoms with Gasteiger partial charge in [0.25, 0.3) is 0 Å². The second kappa shape index (κ2) is 8.19. The number of hydrogen-bond acceptors (Lipinski definition) is 4. The number of amides is 2. The molecule has 0 aromatic heterocycles. The molecule has 0 saturated heterocycles. The molecule has 0 aliphatic heterocycles. The van der Waals surface area contributed by atoms with Crippen LogP contribution in [0.2, 0.25) is 0 Å². The van der Waals surface area contributed by atoms with Crippen molar-refractivity contribution in [1.82, 2.24) is 10.6 Å². The number of hydrogen-bond donors (Lipinski definition) is 2. The summed E-state index contributed by atoms with van der Waals surface area (Å²) in [4.78, 5) is 22.3. The highest BCUT2D eigenvalue weighted by Gasteiger charge is 2.11. The maximum atomic E-state index is 11.2. The molecular weight excluding hydrogens is 200 g/mol. The summed E-state index contributed by atoms with van der Waals surface area (Å²) in [7, 11) is 2.98. The number of carbonyl (C=O) groups excluding carboxylic acids is 2. The lowest BCUT2D eigenvalue weighted by molar-refractivity contribution is -0.132. The van der Waals surface area contributed by atoms with E-state index in [0.29, 0.717) is 13.2 Å². The highest BCUT2D eigenvalue weighted by molar-refractivity contribution is 5.86. The number of ether oxygens (including phenoxy) is 2. The molecule has 6 heteroatoms. The molecule has 88 valence electrons. The molecule has 0 aliphatic rings. The van der Waals surface area contributed by atoms with Gasteiger partial charge in [-0.2, -0.15) is 0 Å². The summed E-state index contributed by atoms with van der Waals surface area (Å²) in [5.74, 6) is -0.553. The average Bonchev–Trinajstić information content (AvgIpc) is 2.25. The fraction of sp³-hybridized carbons (Fsp3) is 0.778. The number of nitrogens with one attached hydrogen (secondary N) is 2. The Morgan fingerprint density at radius 3 is 2.47 bits per heavy atom. The van der Waals surface area contributed by atoms with Gasteiger partial charge in [0, 0.05) is 20.8 Å². The quantitative estimate of drug-likeness (QED) is 0.532. The van der Waals surface area contributed by atoms with Gasteiger partial charge >= 0.3 is 0 Å². The van der Waals surface area contributed by atoms with Crippen LogP contribution in [0.1, 0.15) is 6.92 Å². The van der Waals surface area contributed by atoms with Gasteiger partial charge in [0.05, 0.1) is 13.2 Å². The SMILES string of the molecule is COCCNC(=O)CNC(=O)C(C)OC. The third-order valence-corrected chi connectivity index (χ3v) is 1.77. The zero-order valence-corrected chi connectivity index (χ0v) is 9.33. The van der Waals surface area contributed by atoms with Crippen molar-refractivity contribution in [2.45, 2.75) is 13.0 Å². The molecule has 2 N–H and O–H groups in total. The molecule has 0 radical (unpaired) electrons. The van der Waals surface area contributed by atoms with Crippen molar-refractivity contribution < 1.29 is 19.1 Å². The Kier molecular flexibility index (Phi) is 7.57. The summed E-state index contributed by atoms with van der Waals surface area (Å²) < 4.78 is 9.53. The monoisotopic (exact) mass is 218 g/mol. The van der Waals surface area contributed by atoms with Gasteiger partial charge in [-0.1, -0.05) is 0 Å². The summed E-state index contributed by atoms with van der Waals surface area (Å²) in [6, 6.07) is 0. The van der Waals surface area contributed by atoms with Crippen molar-refractivity contribution in [2.75, 3.05) is 33.9 Å². The van der Waals surface area contributed by atoms with E-state index in [4.69, 9.17) is 9.47 Å². The molecule has 0 bridgehead atoms.